The molecule has 0 bridgehead atoms. The Morgan fingerprint density at radius 1 is 1.02 bits per heavy atom. The van der Waals surface area contributed by atoms with Crippen molar-refractivity contribution < 1.29 is 23.5 Å². The molecule has 1 N–H and O–H groups in total. The number of pyridine rings is 1. The zero-order valence-electron chi connectivity index (χ0n) is 28.8. The van der Waals surface area contributed by atoms with Gasteiger partial charge >= 0.3 is 0 Å². The highest BCUT2D eigenvalue weighted by atomic mass is 35.5. The lowest BCUT2D eigenvalue weighted by Gasteiger charge is -2.37. The van der Waals surface area contributed by atoms with E-state index in [1.165, 1.54) is 13.3 Å². The van der Waals surface area contributed by atoms with Crippen LogP contribution in [0.2, 0.25) is 28.2 Å². The van der Waals surface area contributed by atoms with Crippen molar-refractivity contribution >= 4 is 49.4 Å². The summed E-state index contributed by atoms with van der Waals surface area (Å²) >= 11 is 13.8. The van der Waals surface area contributed by atoms with Gasteiger partial charge in [-0.3, -0.25) is 14.5 Å². The van der Waals surface area contributed by atoms with Gasteiger partial charge < -0.3 is 19.2 Å². The number of rotatable bonds is 11. The summed E-state index contributed by atoms with van der Waals surface area (Å²) in [6.45, 7) is 14.1. The first-order chi connectivity index (χ1) is 23.3. The van der Waals surface area contributed by atoms with Crippen LogP contribution in [0.1, 0.15) is 53.0 Å². The molecule has 13 heteroatoms. The molecule has 5 rings (SSSR count). The molecule has 0 aliphatic carbocycles. The van der Waals surface area contributed by atoms with Gasteiger partial charge in [-0.25, -0.2) is 15.0 Å². The number of nitrogens with one attached hydrogen (secondary N) is 1. The van der Waals surface area contributed by atoms with E-state index in [4.69, 9.17) is 42.1 Å². The van der Waals surface area contributed by atoms with E-state index in [0.29, 0.717) is 63.3 Å². The Hall–Kier alpha value is -3.87. The van der Waals surface area contributed by atoms with Gasteiger partial charge in [-0.05, 0) is 30.6 Å². The first kappa shape index (κ1) is 36.4. The van der Waals surface area contributed by atoms with Crippen LogP contribution in [-0.2, 0) is 17.4 Å². The van der Waals surface area contributed by atoms with E-state index < -0.39 is 14.2 Å². The van der Waals surface area contributed by atoms with Gasteiger partial charge in [0.2, 0.25) is 5.88 Å². The Kier molecular flexibility index (Phi) is 11.1. The molecule has 0 spiro atoms. The van der Waals surface area contributed by atoms with Crippen LogP contribution in [0.15, 0.2) is 48.7 Å². The van der Waals surface area contributed by atoms with E-state index in [9.17, 15) is 9.59 Å². The SMILES string of the molecule is COc1cc(C(=O)Nc2cccc(-c3cccc(-c4cnc(C=O)c(OC)n4)c3Cl)c2Cl)nc2c1CCN(CCO[Si](C)(C)C(C)(C)C)C2. The molecule has 1 amide bonds. The lowest BCUT2D eigenvalue weighted by Crippen LogP contribution is -2.43. The quantitative estimate of drug-likeness (QED) is 0.122. The molecule has 2 aromatic heterocycles. The summed E-state index contributed by atoms with van der Waals surface area (Å²) in [5.41, 5.74) is 4.73. The van der Waals surface area contributed by atoms with Crippen molar-refractivity contribution in [2.75, 3.05) is 39.2 Å². The number of aromatic nitrogens is 3. The van der Waals surface area contributed by atoms with Crippen molar-refractivity contribution in [1.29, 1.82) is 0 Å². The van der Waals surface area contributed by atoms with Crippen molar-refractivity contribution in [2.45, 2.75) is 51.9 Å². The Morgan fingerprint density at radius 3 is 2.39 bits per heavy atom. The summed E-state index contributed by atoms with van der Waals surface area (Å²) in [4.78, 5) is 40.6. The molecule has 3 heterocycles. The molecule has 0 saturated carbocycles. The smallest absolute Gasteiger partial charge is 0.274 e. The maximum absolute atomic E-state index is 13.6. The number of hydrogen-bond acceptors (Lipinski definition) is 9. The minimum Gasteiger partial charge on any atom is -0.496 e. The number of fused-ring (bicyclic) bond motifs is 1. The Bertz CT molecular complexity index is 1880. The van der Waals surface area contributed by atoms with E-state index in [0.717, 1.165) is 30.8 Å². The number of anilines is 1. The van der Waals surface area contributed by atoms with Crippen LogP contribution in [0.3, 0.4) is 0 Å². The van der Waals surface area contributed by atoms with Gasteiger partial charge in [0.25, 0.3) is 5.91 Å². The predicted molar refractivity (Wildman–Crippen MR) is 196 cm³/mol. The third-order valence-corrected chi connectivity index (χ3v) is 14.6. The molecule has 49 heavy (non-hydrogen) atoms. The van der Waals surface area contributed by atoms with Crippen LogP contribution in [0.5, 0.6) is 11.6 Å². The largest absolute Gasteiger partial charge is 0.496 e. The zero-order chi connectivity index (χ0) is 35.5. The molecule has 258 valence electrons. The number of ether oxygens (including phenoxy) is 2. The Labute approximate surface area is 298 Å². The fourth-order valence-corrected chi connectivity index (χ4v) is 7.03. The summed E-state index contributed by atoms with van der Waals surface area (Å²) in [7, 11) is 1.17. The number of halogens is 2. The molecule has 0 radical (unpaired) electrons. The van der Waals surface area contributed by atoms with E-state index in [-0.39, 0.29) is 22.3 Å². The summed E-state index contributed by atoms with van der Waals surface area (Å²) in [5, 5.41) is 3.74. The molecular formula is C36H41Cl2N5O5Si. The second-order valence-electron chi connectivity index (χ2n) is 13.3. The molecule has 0 saturated heterocycles. The van der Waals surface area contributed by atoms with E-state index in [1.807, 2.05) is 18.2 Å². The predicted octanol–water partition coefficient (Wildman–Crippen LogP) is 7.97. The first-order valence-electron chi connectivity index (χ1n) is 16.0. The van der Waals surface area contributed by atoms with Gasteiger partial charge in [0, 0.05) is 54.6 Å². The number of nitrogens with zero attached hydrogens (tertiary/aromatic N) is 4. The van der Waals surface area contributed by atoms with Crippen molar-refractivity contribution in [2.24, 2.45) is 0 Å². The molecule has 0 unspecified atom stereocenters. The van der Waals surface area contributed by atoms with Crippen LogP contribution in [-0.4, -0.2) is 74.3 Å². The van der Waals surface area contributed by atoms with Crippen molar-refractivity contribution in [1.82, 2.24) is 19.9 Å². The molecule has 2 aromatic carbocycles. The van der Waals surface area contributed by atoms with Gasteiger partial charge in [-0.15, -0.1) is 0 Å². The number of methoxy groups -OCH3 is 2. The van der Waals surface area contributed by atoms with Crippen LogP contribution in [0.4, 0.5) is 5.69 Å². The first-order valence-corrected chi connectivity index (χ1v) is 19.6. The molecule has 10 nitrogen and oxygen atoms in total. The lowest BCUT2D eigenvalue weighted by atomic mass is 10.0. The van der Waals surface area contributed by atoms with Crippen molar-refractivity contribution in [3.05, 3.63) is 81.4 Å². The molecule has 1 aliphatic heterocycles. The van der Waals surface area contributed by atoms with E-state index in [1.54, 1.807) is 31.4 Å². The van der Waals surface area contributed by atoms with Crippen LogP contribution >= 0.6 is 23.2 Å². The molecule has 1 aliphatic rings. The fourth-order valence-electron chi connectivity index (χ4n) is 5.40. The normalized spacial score (nSPS) is 13.5. The Balaban J connectivity index is 1.37. The fraction of sp³-hybridized carbons (Fsp3) is 0.361. The number of aldehydes is 1. The highest BCUT2D eigenvalue weighted by molar-refractivity contribution is 6.74. The molecular weight excluding hydrogens is 681 g/mol. The number of hydrogen-bond donors (Lipinski definition) is 1. The van der Waals surface area contributed by atoms with Gasteiger partial charge in [0.05, 0.1) is 47.5 Å². The minimum absolute atomic E-state index is 0.0834. The van der Waals surface area contributed by atoms with Gasteiger partial charge in [0.15, 0.2) is 20.3 Å². The summed E-state index contributed by atoms with van der Waals surface area (Å²) in [5.74, 6) is 0.306. The highest BCUT2D eigenvalue weighted by Gasteiger charge is 2.37. The highest BCUT2D eigenvalue weighted by Crippen LogP contribution is 2.41. The second-order valence-corrected chi connectivity index (χ2v) is 18.9. The number of carbonyl (C=O) groups excluding carboxylic acids is 2. The van der Waals surface area contributed by atoms with Crippen LogP contribution in [0.25, 0.3) is 22.4 Å². The molecule has 0 fully saturated rings. The third-order valence-electron chi connectivity index (χ3n) is 9.23. The monoisotopic (exact) mass is 721 g/mol. The topological polar surface area (TPSA) is 116 Å². The van der Waals surface area contributed by atoms with Crippen LogP contribution in [0, 0.1) is 0 Å². The standard InChI is InChI=1S/C36H41Cl2N5O5Si/c1-36(2,3)49(6,7)48-17-16-43-15-14-24-29(20-43)40-27(18-31(24)46-4)34(45)41-26-13-9-11-23(33(26)38)22-10-8-12-25(32(22)37)28-19-39-30(21-44)35(42-28)47-5/h8-13,18-19,21H,14-17,20H2,1-7H3,(H,41,45). The zero-order valence-corrected chi connectivity index (χ0v) is 31.3. The number of amides is 1. The van der Waals surface area contributed by atoms with Gasteiger partial charge in [-0.1, -0.05) is 74.3 Å². The number of carbonyl (C=O) groups is 2. The molecule has 4 aromatic rings. The molecule has 0 atom stereocenters. The van der Waals surface area contributed by atoms with Gasteiger partial charge in [0.1, 0.15) is 11.4 Å². The van der Waals surface area contributed by atoms with Crippen molar-refractivity contribution in [3.8, 4) is 34.0 Å². The average molecular weight is 723 g/mol. The Morgan fingerprint density at radius 2 is 1.71 bits per heavy atom. The average Bonchev–Trinajstić information content (AvgIpc) is 3.07. The lowest BCUT2D eigenvalue weighted by molar-refractivity contribution is 0.102. The maximum atomic E-state index is 13.6. The van der Waals surface area contributed by atoms with Crippen molar-refractivity contribution in [3.63, 3.8) is 0 Å². The number of benzene rings is 2. The van der Waals surface area contributed by atoms with E-state index >= 15 is 0 Å². The third kappa shape index (κ3) is 7.81. The summed E-state index contributed by atoms with van der Waals surface area (Å²) < 4.78 is 17.3. The minimum atomic E-state index is -1.85. The summed E-state index contributed by atoms with van der Waals surface area (Å²) in [6.07, 6.45) is 2.79. The van der Waals surface area contributed by atoms with Gasteiger partial charge in [-0.2, -0.15) is 0 Å². The van der Waals surface area contributed by atoms with E-state index in [2.05, 4.69) is 54.0 Å². The van der Waals surface area contributed by atoms with Crippen LogP contribution < -0.4 is 14.8 Å². The summed E-state index contributed by atoms with van der Waals surface area (Å²) in [6, 6.07) is 12.4. The maximum Gasteiger partial charge on any atom is 0.274 e. The second kappa shape index (κ2) is 14.9.